The second kappa shape index (κ2) is 9.18. The highest BCUT2D eigenvalue weighted by Gasteiger charge is 2.20. The molecule has 0 unspecified atom stereocenters. The van der Waals surface area contributed by atoms with Crippen molar-refractivity contribution in [2.75, 3.05) is 18.4 Å². The summed E-state index contributed by atoms with van der Waals surface area (Å²) in [4.78, 5) is 23.9. The number of nitrogens with one attached hydrogen (secondary N) is 2. The van der Waals surface area contributed by atoms with E-state index < -0.39 is 16.0 Å². The molecule has 0 aliphatic carbocycles. The maximum atomic E-state index is 12.7. The van der Waals surface area contributed by atoms with E-state index in [2.05, 4.69) is 14.8 Å². The average Bonchev–Trinajstić information content (AvgIpc) is 2.67. The number of unbranched alkanes of at least 4 members (excludes halogenated alkanes) is 1. The molecule has 0 aliphatic heterocycles. The first-order valence-electron chi connectivity index (χ1n) is 8.47. The quantitative estimate of drug-likeness (QED) is 0.533. The second-order valence-electron chi connectivity index (χ2n) is 5.78. The number of carbonyl (C=O) groups excluding carboxylic acids is 2. The number of para-hydroxylation sites is 1. The number of methoxy groups -OCH3 is 1. The molecule has 0 saturated carbocycles. The normalized spacial score (nSPS) is 10.9. The van der Waals surface area contributed by atoms with E-state index in [1.54, 1.807) is 18.2 Å². The highest BCUT2D eigenvalue weighted by atomic mass is 32.2. The van der Waals surface area contributed by atoms with Gasteiger partial charge in [-0.05, 0) is 36.8 Å². The lowest BCUT2D eigenvalue weighted by Gasteiger charge is -2.13. The van der Waals surface area contributed by atoms with Crippen LogP contribution in [-0.4, -0.2) is 33.9 Å². The lowest BCUT2D eigenvalue weighted by molar-refractivity contribution is 0.0600. The number of esters is 1. The summed E-state index contributed by atoms with van der Waals surface area (Å²) in [5, 5.41) is 2.76. The van der Waals surface area contributed by atoms with E-state index in [9.17, 15) is 18.0 Å². The Hall–Kier alpha value is -2.87. The number of benzene rings is 2. The van der Waals surface area contributed by atoms with Gasteiger partial charge in [-0.2, -0.15) is 0 Å². The van der Waals surface area contributed by atoms with Gasteiger partial charge in [0.2, 0.25) is 0 Å². The number of rotatable bonds is 8. The summed E-state index contributed by atoms with van der Waals surface area (Å²) < 4.78 is 32.4. The average molecular weight is 390 g/mol. The van der Waals surface area contributed by atoms with Crippen LogP contribution in [0.1, 0.15) is 40.5 Å². The van der Waals surface area contributed by atoms with Gasteiger partial charge >= 0.3 is 5.97 Å². The van der Waals surface area contributed by atoms with Crippen molar-refractivity contribution in [1.82, 2.24) is 5.32 Å². The van der Waals surface area contributed by atoms with Gasteiger partial charge in [0.05, 0.1) is 28.8 Å². The Morgan fingerprint density at radius 1 is 1.07 bits per heavy atom. The van der Waals surface area contributed by atoms with Crippen LogP contribution in [0.15, 0.2) is 53.4 Å². The molecule has 2 N–H and O–H groups in total. The van der Waals surface area contributed by atoms with E-state index in [0.717, 1.165) is 12.8 Å². The van der Waals surface area contributed by atoms with E-state index in [1.807, 2.05) is 6.92 Å². The Morgan fingerprint density at radius 3 is 2.52 bits per heavy atom. The lowest BCUT2D eigenvalue weighted by Crippen LogP contribution is -2.26. The van der Waals surface area contributed by atoms with Gasteiger partial charge in [-0.3, -0.25) is 9.52 Å². The number of ether oxygens (including phenoxy) is 1. The molecule has 2 aromatic rings. The minimum atomic E-state index is -4.00. The number of anilines is 1. The second-order valence-corrected chi connectivity index (χ2v) is 7.46. The van der Waals surface area contributed by atoms with Gasteiger partial charge in [-0.1, -0.05) is 31.5 Å². The minimum absolute atomic E-state index is 0.105. The SMILES string of the molecule is CCCCNC(=O)c1ccccc1NS(=O)(=O)c1cccc(C(=O)OC)c1. The van der Waals surface area contributed by atoms with Crippen molar-refractivity contribution in [3.05, 3.63) is 59.7 Å². The molecule has 0 bridgehead atoms. The molecule has 2 rings (SSSR count). The van der Waals surface area contributed by atoms with Gasteiger partial charge in [-0.25, -0.2) is 13.2 Å². The number of hydrogen-bond acceptors (Lipinski definition) is 5. The monoisotopic (exact) mass is 390 g/mol. The maximum Gasteiger partial charge on any atom is 0.337 e. The molecular formula is C19H22N2O5S. The summed E-state index contributed by atoms with van der Waals surface area (Å²) in [7, 11) is -2.78. The van der Waals surface area contributed by atoms with Crippen molar-refractivity contribution >= 4 is 27.6 Å². The van der Waals surface area contributed by atoms with Crippen LogP contribution in [0.5, 0.6) is 0 Å². The zero-order chi connectivity index (χ0) is 19.9. The third-order valence-corrected chi connectivity index (χ3v) is 5.16. The Balaban J connectivity index is 2.28. The summed E-state index contributed by atoms with van der Waals surface area (Å²) in [6.07, 6.45) is 1.77. The standard InChI is InChI=1S/C19H22N2O5S/c1-3-4-12-20-18(22)16-10-5-6-11-17(16)21-27(24,25)15-9-7-8-14(13-15)19(23)26-2/h5-11,13,21H,3-4,12H2,1-2H3,(H,20,22). The lowest BCUT2D eigenvalue weighted by atomic mass is 10.1. The summed E-state index contributed by atoms with van der Waals surface area (Å²) >= 11 is 0. The van der Waals surface area contributed by atoms with Crippen LogP contribution in [0, 0.1) is 0 Å². The largest absolute Gasteiger partial charge is 0.465 e. The fourth-order valence-electron chi connectivity index (χ4n) is 2.36. The number of carbonyl (C=O) groups is 2. The van der Waals surface area contributed by atoms with Crippen LogP contribution < -0.4 is 10.0 Å². The minimum Gasteiger partial charge on any atom is -0.465 e. The molecular weight excluding hydrogens is 368 g/mol. The highest BCUT2D eigenvalue weighted by molar-refractivity contribution is 7.92. The molecule has 0 fully saturated rings. The molecule has 144 valence electrons. The first kappa shape index (κ1) is 20.4. The van der Waals surface area contributed by atoms with E-state index in [-0.39, 0.29) is 27.6 Å². The molecule has 0 spiro atoms. The predicted octanol–water partition coefficient (Wildman–Crippen LogP) is 2.80. The maximum absolute atomic E-state index is 12.7. The fourth-order valence-corrected chi connectivity index (χ4v) is 3.48. The Labute approximate surface area is 158 Å². The van der Waals surface area contributed by atoms with Gasteiger partial charge in [0.25, 0.3) is 15.9 Å². The molecule has 1 amide bonds. The van der Waals surface area contributed by atoms with Crippen molar-refractivity contribution in [2.24, 2.45) is 0 Å². The van der Waals surface area contributed by atoms with Crippen LogP contribution in [-0.2, 0) is 14.8 Å². The Morgan fingerprint density at radius 2 is 1.81 bits per heavy atom. The molecule has 0 aromatic heterocycles. The molecule has 8 heteroatoms. The fraction of sp³-hybridized carbons (Fsp3) is 0.263. The van der Waals surface area contributed by atoms with Crippen LogP contribution >= 0.6 is 0 Å². The summed E-state index contributed by atoms with van der Waals surface area (Å²) in [6, 6.07) is 11.8. The van der Waals surface area contributed by atoms with Crippen molar-refractivity contribution in [3.63, 3.8) is 0 Å². The molecule has 0 heterocycles. The molecule has 2 aromatic carbocycles. The van der Waals surface area contributed by atoms with Crippen LogP contribution in [0.3, 0.4) is 0 Å². The van der Waals surface area contributed by atoms with Crippen molar-refractivity contribution in [3.8, 4) is 0 Å². The smallest absolute Gasteiger partial charge is 0.337 e. The summed E-state index contributed by atoms with van der Waals surface area (Å²) in [5.41, 5.74) is 0.502. The summed E-state index contributed by atoms with van der Waals surface area (Å²) in [6.45, 7) is 2.52. The van der Waals surface area contributed by atoms with E-state index in [4.69, 9.17) is 0 Å². The van der Waals surface area contributed by atoms with Crippen LogP contribution in [0.25, 0.3) is 0 Å². The molecule has 7 nitrogen and oxygen atoms in total. The first-order valence-corrected chi connectivity index (χ1v) is 9.95. The van der Waals surface area contributed by atoms with Crippen LogP contribution in [0.4, 0.5) is 5.69 Å². The number of amides is 1. The van der Waals surface area contributed by atoms with E-state index >= 15 is 0 Å². The molecule has 0 aliphatic rings. The number of sulfonamides is 1. The highest BCUT2D eigenvalue weighted by Crippen LogP contribution is 2.21. The third kappa shape index (κ3) is 5.30. The molecule has 0 saturated heterocycles. The topological polar surface area (TPSA) is 102 Å². The predicted molar refractivity (Wildman–Crippen MR) is 102 cm³/mol. The zero-order valence-electron chi connectivity index (χ0n) is 15.2. The van der Waals surface area contributed by atoms with Crippen molar-refractivity contribution in [2.45, 2.75) is 24.7 Å². The number of hydrogen-bond donors (Lipinski definition) is 2. The van der Waals surface area contributed by atoms with E-state index in [0.29, 0.717) is 6.54 Å². The molecule has 27 heavy (non-hydrogen) atoms. The van der Waals surface area contributed by atoms with E-state index in [1.165, 1.54) is 37.4 Å². The molecule has 0 radical (unpaired) electrons. The summed E-state index contributed by atoms with van der Waals surface area (Å²) in [5.74, 6) is -0.993. The van der Waals surface area contributed by atoms with Gasteiger partial charge < -0.3 is 10.1 Å². The zero-order valence-corrected chi connectivity index (χ0v) is 16.0. The Bertz CT molecular complexity index is 925. The van der Waals surface area contributed by atoms with Gasteiger partial charge in [0.1, 0.15) is 0 Å². The van der Waals surface area contributed by atoms with Crippen LogP contribution in [0.2, 0.25) is 0 Å². The van der Waals surface area contributed by atoms with Crippen molar-refractivity contribution < 1.29 is 22.7 Å². The Kier molecular flexibility index (Phi) is 6.95. The third-order valence-electron chi connectivity index (χ3n) is 3.80. The first-order chi connectivity index (χ1) is 12.9. The van der Waals surface area contributed by atoms with Gasteiger partial charge in [-0.15, -0.1) is 0 Å². The van der Waals surface area contributed by atoms with Gasteiger partial charge in [0, 0.05) is 6.54 Å². The van der Waals surface area contributed by atoms with Crippen molar-refractivity contribution in [1.29, 1.82) is 0 Å². The molecule has 0 atom stereocenters. The van der Waals surface area contributed by atoms with Gasteiger partial charge in [0.15, 0.2) is 0 Å².